The van der Waals surface area contributed by atoms with Crippen LogP contribution >= 0.6 is 11.6 Å². The number of sulfonamides is 1. The van der Waals surface area contributed by atoms with E-state index in [4.69, 9.17) is 16.3 Å². The molecular formula is C35H45ClN2O5S. The van der Waals surface area contributed by atoms with E-state index in [1.54, 1.807) is 25.1 Å². The van der Waals surface area contributed by atoms with Gasteiger partial charge in [0.2, 0.25) is 10.0 Å². The molecule has 0 radical (unpaired) electrons. The molecule has 6 rings (SSSR count). The maximum Gasteiger partial charge on any atom is 0.264 e. The monoisotopic (exact) mass is 640 g/mol. The number of amides is 1. The van der Waals surface area contributed by atoms with Crippen molar-refractivity contribution in [2.24, 2.45) is 23.7 Å². The highest BCUT2D eigenvalue weighted by Gasteiger charge is 2.49. The summed E-state index contributed by atoms with van der Waals surface area (Å²) in [6.07, 6.45) is 9.24. The van der Waals surface area contributed by atoms with Gasteiger partial charge in [-0.25, -0.2) is 13.1 Å². The van der Waals surface area contributed by atoms with E-state index in [0.29, 0.717) is 31.9 Å². The lowest BCUT2D eigenvalue weighted by atomic mass is 9.61. The number of aryl methyl sites for hydroxylation is 1. The summed E-state index contributed by atoms with van der Waals surface area (Å²) in [5.74, 6) is 0.0930. The summed E-state index contributed by atoms with van der Waals surface area (Å²) in [7, 11) is -3.94. The Balaban J connectivity index is 1.46. The molecule has 2 bridgehead atoms. The van der Waals surface area contributed by atoms with Crippen molar-refractivity contribution in [1.82, 2.24) is 4.72 Å². The molecule has 238 valence electrons. The molecule has 2 aromatic rings. The molecule has 2 aliphatic carbocycles. The molecule has 9 heteroatoms. The van der Waals surface area contributed by atoms with Gasteiger partial charge in [-0.1, -0.05) is 50.6 Å². The van der Waals surface area contributed by atoms with Crippen molar-refractivity contribution in [2.75, 3.05) is 24.6 Å². The van der Waals surface area contributed by atoms with Crippen LogP contribution in [0.1, 0.15) is 81.3 Å². The Bertz CT molecular complexity index is 1570. The van der Waals surface area contributed by atoms with Crippen LogP contribution in [-0.2, 0) is 21.9 Å². The van der Waals surface area contributed by atoms with E-state index in [2.05, 4.69) is 35.6 Å². The van der Waals surface area contributed by atoms with E-state index >= 15 is 0 Å². The van der Waals surface area contributed by atoms with Crippen LogP contribution in [0.15, 0.2) is 48.6 Å². The van der Waals surface area contributed by atoms with Crippen LogP contribution in [0.2, 0.25) is 5.02 Å². The van der Waals surface area contributed by atoms with Gasteiger partial charge in [0.05, 0.1) is 23.1 Å². The number of carbonyl (C=O) groups is 1. The van der Waals surface area contributed by atoms with Crippen LogP contribution in [0.3, 0.4) is 0 Å². The molecule has 0 saturated heterocycles. The molecule has 2 N–H and O–H groups in total. The number of halogens is 1. The predicted octanol–water partition coefficient (Wildman–Crippen LogP) is 6.27. The highest BCUT2D eigenvalue weighted by atomic mass is 35.5. The van der Waals surface area contributed by atoms with Crippen molar-refractivity contribution in [2.45, 2.75) is 82.5 Å². The SMILES string of the molecule is CC(C)[C@]1(O)/C=C\C[C@H](C)[C@@H](C)S(=O)(=O)NC(=O)c2ccc3c(c2)N(C[C@@H]2CC[C@H]21)C[C@@]1(CCCc2cc(Cl)ccc21)CO3. The quantitative estimate of drug-likeness (QED) is 0.357. The van der Waals surface area contributed by atoms with E-state index in [1.165, 1.54) is 11.1 Å². The van der Waals surface area contributed by atoms with E-state index in [0.717, 1.165) is 42.8 Å². The number of hydrogen-bond acceptors (Lipinski definition) is 6. The van der Waals surface area contributed by atoms with Gasteiger partial charge in [-0.3, -0.25) is 4.79 Å². The van der Waals surface area contributed by atoms with Crippen LogP contribution < -0.4 is 14.4 Å². The number of fused-ring (bicyclic) bond motifs is 4. The van der Waals surface area contributed by atoms with Gasteiger partial charge in [0.15, 0.2) is 0 Å². The Morgan fingerprint density at radius 1 is 1.14 bits per heavy atom. The summed E-state index contributed by atoms with van der Waals surface area (Å²) in [5.41, 5.74) is 2.30. The van der Waals surface area contributed by atoms with Gasteiger partial charge in [-0.05, 0) is 111 Å². The number of anilines is 1. The zero-order valence-corrected chi connectivity index (χ0v) is 27.8. The number of nitrogens with zero attached hydrogens (tertiary/aromatic N) is 1. The summed E-state index contributed by atoms with van der Waals surface area (Å²) in [5, 5.41) is 12.1. The number of allylic oxidation sites excluding steroid dienone is 1. The summed E-state index contributed by atoms with van der Waals surface area (Å²) in [4.78, 5) is 15.8. The highest BCUT2D eigenvalue weighted by Crippen LogP contribution is 2.49. The molecule has 1 saturated carbocycles. The van der Waals surface area contributed by atoms with Crippen molar-refractivity contribution in [1.29, 1.82) is 0 Å². The second-order valence-corrected chi connectivity index (χ2v) is 16.5. The molecule has 2 aliphatic heterocycles. The average molecular weight is 641 g/mol. The number of benzene rings is 2. The first-order chi connectivity index (χ1) is 20.8. The fourth-order valence-electron chi connectivity index (χ4n) is 7.93. The lowest BCUT2D eigenvalue weighted by Gasteiger charge is -2.50. The molecule has 6 atom stereocenters. The van der Waals surface area contributed by atoms with Crippen molar-refractivity contribution in [3.05, 3.63) is 70.3 Å². The van der Waals surface area contributed by atoms with Gasteiger partial charge in [0.1, 0.15) is 5.75 Å². The average Bonchev–Trinajstić information content (AvgIpc) is 3.10. The third-order valence-electron chi connectivity index (χ3n) is 11.1. The fourth-order valence-corrected chi connectivity index (χ4v) is 9.41. The van der Waals surface area contributed by atoms with Gasteiger partial charge in [0, 0.05) is 29.1 Å². The van der Waals surface area contributed by atoms with E-state index in [9.17, 15) is 18.3 Å². The standard InChI is InChI=1S/C35H45ClN2O5S/c1-22(2)35(40)16-5-7-23(3)24(4)44(41,42)37-33(39)26-10-14-32-31(18-26)38(19-27-9-12-30(27)35)20-34(21-43-32)15-6-8-25-17-28(36)11-13-29(25)34/h5,10-11,13-14,16-18,22-24,27,30,40H,6-9,12,15,19-21H2,1-4H3,(H,37,39)/b16-5-/t23-,24+,27-,30+,34-,35+/m0/s1. The Labute approximate surface area is 267 Å². The van der Waals surface area contributed by atoms with Gasteiger partial charge < -0.3 is 14.7 Å². The van der Waals surface area contributed by atoms with Gasteiger partial charge in [-0.2, -0.15) is 0 Å². The van der Waals surface area contributed by atoms with Crippen molar-refractivity contribution in [3.8, 4) is 5.75 Å². The Hall–Kier alpha value is -2.55. The first-order valence-corrected chi connectivity index (χ1v) is 18.0. The molecule has 1 fully saturated rings. The van der Waals surface area contributed by atoms with Gasteiger partial charge in [-0.15, -0.1) is 0 Å². The van der Waals surface area contributed by atoms with Crippen LogP contribution in [0.4, 0.5) is 5.69 Å². The number of nitrogens with one attached hydrogen (secondary N) is 1. The normalized spacial score (nSPS) is 34.2. The number of aliphatic hydroxyl groups is 1. The van der Waals surface area contributed by atoms with Crippen LogP contribution in [0.5, 0.6) is 5.75 Å². The fraction of sp³-hybridized carbons (Fsp3) is 0.571. The van der Waals surface area contributed by atoms with E-state index < -0.39 is 26.8 Å². The molecular weight excluding hydrogens is 596 g/mol. The molecule has 7 nitrogen and oxygen atoms in total. The third kappa shape index (κ3) is 5.56. The van der Waals surface area contributed by atoms with Crippen LogP contribution in [-0.4, -0.2) is 50.0 Å². The Kier molecular flexibility index (Phi) is 8.34. The molecule has 1 amide bonds. The summed E-state index contributed by atoms with van der Waals surface area (Å²) in [6, 6.07) is 11.4. The largest absolute Gasteiger partial charge is 0.490 e. The molecule has 1 spiro atoms. The molecule has 4 aliphatic rings. The third-order valence-corrected chi connectivity index (χ3v) is 13.3. The molecule has 0 aromatic heterocycles. The topological polar surface area (TPSA) is 95.9 Å². The van der Waals surface area contributed by atoms with Crippen LogP contribution in [0.25, 0.3) is 0 Å². The minimum absolute atomic E-state index is 0.00569. The van der Waals surface area contributed by atoms with Crippen LogP contribution in [0, 0.1) is 23.7 Å². The second kappa shape index (κ2) is 11.7. The first-order valence-electron chi connectivity index (χ1n) is 16.1. The lowest BCUT2D eigenvalue weighted by Crippen LogP contribution is -2.54. The van der Waals surface area contributed by atoms with E-state index in [-0.39, 0.29) is 34.7 Å². The molecule has 2 heterocycles. The summed E-state index contributed by atoms with van der Waals surface area (Å²) >= 11 is 6.42. The van der Waals surface area contributed by atoms with Crippen molar-refractivity contribution < 1.29 is 23.1 Å². The van der Waals surface area contributed by atoms with Crippen molar-refractivity contribution in [3.63, 3.8) is 0 Å². The minimum atomic E-state index is -3.94. The lowest BCUT2D eigenvalue weighted by molar-refractivity contribution is -0.0757. The predicted molar refractivity (Wildman–Crippen MR) is 175 cm³/mol. The molecule has 0 unspecified atom stereocenters. The van der Waals surface area contributed by atoms with Gasteiger partial charge >= 0.3 is 0 Å². The first kappa shape index (κ1) is 31.4. The second-order valence-electron chi connectivity index (χ2n) is 14.1. The molecule has 2 aromatic carbocycles. The smallest absolute Gasteiger partial charge is 0.264 e. The Morgan fingerprint density at radius 2 is 1.93 bits per heavy atom. The summed E-state index contributed by atoms with van der Waals surface area (Å²) < 4.78 is 35.5. The Morgan fingerprint density at radius 3 is 2.66 bits per heavy atom. The molecule has 44 heavy (non-hydrogen) atoms. The zero-order valence-electron chi connectivity index (χ0n) is 26.2. The number of ether oxygens (including phenoxy) is 1. The minimum Gasteiger partial charge on any atom is -0.490 e. The number of carbonyl (C=O) groups excluding carboxylic acids is 1. The van der Waals surface area contributed by atoms with E-state index in [1.807, 2.05) is 25.1 Å². The summed E-state index contributed by atoms with van der Waals surface area (Å²) in [6.45, 7) is 9.50. The maximum absolute atomic E-state index is 13.4. The van der Waals surface area contributed by atoms with Crippen molar-refractivity contribution >= 4 is 33.2 Å². The van der Waals surface area contributed by atoms with Gasteiger partial charge in [0.25, 0.3) is 5.91 Å². The number of hydrogen-bond donors (Lipinski definition) is 2. The zero-order chi connectivity index (χ0) is 31.4. The highest BCUT2D eigenvalue weighted by molar-refractivity contribution is 7.90. The number of rotatable bonds is 1. The maximum atomic E-state index is 13.4.